The Hall–Kier alpha value is -0.950. The zero-order chi connectivity index (χ0) is 9.10. The van der Waals surface area contributed by atoms with Crippen molar-refractivity contribution in [3.05, 3.63) is 52.3 Å². The molecule has 0 aromatic heterocycles. The van der Waals surface area contributed by atoms with Gasteiger partial charge in [0.2, 0.25) is 0 Å². The second-order valence-corrected chi connectivity index (χ2v) is 4.00. The highest BCUT2D eigenvalue weighted by Crippen LogP contribution is 2.27. The van der Waals surface area contributed by atoms with Crippen molar-refractivity contribution in [2.24, 2.45) is 0 Å². The third-order valence-electron chi connectivity index (χ3n) is 2.15. The van der Waals surface area contributed by atoms with Gasteiger partial charge in [-0.1, -0.05) is 35.9 Å². The van der Waals surface area contributed by atoms with Gasteiger partial charge >= 0.3 is 0 Å². The molecule has 2 rings (SSSR count). The average molecular weight is 188 g/mol. The van der Waals surface area contributed by atoms with Crippen LogP contribution >= 0.6 is 11.8 Å². The summed E-state index contributed by atoms with van der Waals surface area (Å²) >= 11 is 1.76. The van der Waals surface area contributed by atoms with E-state index in [1.54, 1.807) is 11.8 Å². The Labute approximate surface area is 83.4 Å². The van der Waals surface area contributed by atoms with Gasteiger partial charge in [-0.25, -0.2) is 0 Å². The fraction of sp³-hybridized carbons (Fsp3) is 0.167. The molecule has 0 nitrogen and oxygen atoms in total. The topological polar surface area (TPSA) is 0 Å². The number of rotatable bonds is 1. The molecule has 0 radical (unpaired) electrons. The molecule has 13 heavy (non-hydrogen) atoms. The number of thioether (sulfide) groups is 1. The third-order valence-corrected chi connectivity index (χ3v) is 2.92. The van der Waals surface area contributed by atoms with E-state index in [0.717, 1.165) is 6.42 Å². The van der Waals surface area contributed by atoms with Crippen molar-refractivity contribution in [1.82, 2.24) is 0 Å². The summed E-state index contributed by atoms with van der Waals surface area (Å²) in [6.45, 7) is 2.12. The van der Waals surface area contributed by atoms with Crippen LogP contribution in [0.25, 0.3) is 5.57 Å². The van der Waals surface area contributed by atoms with Gasteiger partial charge in [0.05, 0.1) is 0 Å². The normalized spacial score (nSPS) is 15.6. The number of allylic oxidation sites excluding steroid dienone is 2. The number of hydrogen-bond donors (Lipinski definition) is 0. The number of aryl methyl sites for hydroxylation is 1. The quantitative estimate of drug-likeness (QED) is 0.642. The van der Waals surface area contributed by atoms with Crippen LogP contribution < -0.4 is 0 Å². The van der Waals surface area contributed by atoms with Gasteiger partial charge in [0.15, 0.2) is 0 Å². The Bertz CT molecular complexity index is 344. The fourth-order valence-corrected chi connectivity index (χ4v) is 2.04. The fourth-order valence-electron chi connectivity index (χ4n) is 1.35. The first kappa shape index (κ1) is 8.64. The van der Waals surface area contributed by atoms with Gasteiger partial charge in [0, 0.05) is 0 Å². The molecular formula is C12H12S. The van der Waals surface area contributed by atoms with Crippen LogP contribution in [0, 0.1) is 6.92 Å². The Morgan fingerprint density at radius 2 is 1.92 bits per heavy atom. The smallest absolute Gasteiger partial charge is 0.00780 e. The maximum absolute atomic E-state index is 2.23. The molecule has 0 amide bonds. The van der Waals surface area contributed by atoms with Gasteiger partial charge < -0.3 is 0 Å². The molecule has 0 saturated heterocycles. The molecule has 1 aliphatic heterocycles. The van der Waals surface area contributed by atoms with E-state index >= 15 is 0 Å². The largest absolute Gasteiger partial charge is 0.106 e. The van der Waals surface area contributed by atoms with Crippen LogP contribution in [0.2, 0.25) is 0 Å². The highest BCUT2D eigenvalue weighted by atomic mass is 32.2. The molecule has 1 aromatic carbocycles. The molecule has 1 aliphatic rings. The summed E-state index contributed by atoms with van der Waals surface area (Å²) in [5, 5.41) is 4.36. The summed E-state index contributed by atoms with van der Waals surface area (Å²) in [6.07, 6.45) is 3.27. The van der Waals surface area contributed by atoms with E-state index in [1.807, 2.05) is 0 Å². The molecular weight excluding hydrogens is 176 g/mol. The summed E-state index contributed by atoms with van der Waals surface area (Å²) in [5.74, 6) is 0. The Morgan fingerprint density at radius 1 is 1.15 bits per heavy atom. The van der Waals surface area contributed by atoms with Crippen molar-refractivity contribution >= 4 is 17.3 Å². The Morgan fingerprint density at radius 3 is 2.54 bits per heavy atom. The van der Waals surface area contributed by atoms with Crippen molar-refractivity contribution < 1.29 is 0 Å². The molecule has 0 bridgehead atoms. The van der Waals surface area contributed by atoms with Crippen LogP contribution in [0.15, 0.2) is 41.2 Å². The molecule has 1 heteroatoms. The van der Waals surface area contributed by atoms with Crippen molar-refractivity contribution in [3.63, 3.8) is 0 Å². The third kappa shape index (κ3) is 2.04. The first-order valence-corrected chi connectivity index (χ1v) is 5.37. The van der Waals surface area contributed by atoms with Gasteiger partial charge in [-0.3, -0.25) is 0 Å². The van der Waals surface area contributed by atoms with Crippen molar-refractivity contribution in [2.45, 2.75) is 13.3 Å². The van der Waals surface area contributed by atoms with Crippen molar-refractivity contribution in [3.8, 4) is 0 Å². The van der Waals surface area contributed by atoms with Gasteiger partial charge in [0.1, 0.15) is 0 Å². The summed E-state index contributed by atoms with van der Waals surface area (Å²) in [6, 6.07) is 8.72. The molecule has 0 fully saturated rings. The lowest BCUT2D eigenvalue weighted by Crippen LogP contribution is -1.84. The maximum atomic E-state index is 2.23. The van der Waals surface area contributed by atoms with Crippen LogP contribution in [0.5, 0.6) is 0 Å². The number of benzene rings is 1. The summed E-state index contributed by atoms with van der Waals surface area (Å²) in [5.41, 5.74) is 4.10. The zero-order valence-corrected chi connectivity index (χ0v) is 8.47. The lowest BCUT2D eigenvalue weighted by molar-refractivity contribution is 1.38. The molecule has 1 aromatic rings. The van der Waals surface area contributed by atoms with Gasteiger partial charge in [0.25, 0.3) is 0 Å². The summed E-state index contributed by atoms with van der Waals surface area (Å²) in [7, 11) is 0. The summed E-state index contributed by atoms with van der Waals surface area (Å²) in [4.78, 5) is 0. The average Bonchev–Trinajstić information content (AvgIpc) is 2.20. The monoisotopic (exact) mass is 188 g/mol. The first-order valence-electron chi connectivity index (χ1n) is 4.43. The minimum atomic E-state index is 1.07. The predicted octanol–water partition coefficient (Wildman–Crippen LogP) is 3.99. The molecule has 0 atom stereocenters. The molecule has 0 unspecified atom stereocenters. The SMILES string of the molecule is Cc1ccc(C2=CSC=CC2)cc1. The van der Waals surface area contributed by atoms with E-state index in [1.165, 1.54) is 16.7 Å². The van der Waals surface area contributed by atoms with Crippen LogP contribution in [-0.4, -0.2) is 0 Å². The van der Waals surface area contributed by atoms with E-state index in [0.29, 0.717) is 0 Å². The van der Waals surface area contributed by atoms with Crippen LogP contribution in [0.1, 0.15) is 17.5 Å². The predicted molar refractivity (Wildman–Crippen MR) is 60.5 cm³/mol. The molecule has 0 N–H and O–H groups in total. The minimum Gasteiger partial charge on any atom is -0.106 e. The molecule has 0 spiro atoms. The molecule has 1 heterocycles. The first-order chi connectivity index (χ1) is 6.36. The van der Waals surface area contributed by atoms with Gasteiger partial charge in [-0.2, -0.15) is 0 Å². The standard InChI is InChI=1S/C12H12S/c1-10-4-6-11(7-5-10)12-3-2-8-13-9-12/h2,4-9H,3H2,1H3. The van der Waals surface area contributed by atoms with Crippen LogP contribution in [0.4, 0.5) is 0 Å². The molecule has 66 valence electrons. The van der Waals surface area contributed by atoms with Gasteiger partial charge in [-0.05, 0) is 35.3 Å². The lowest BCUT2D eigenvalue weighted by Gasteiger charge is -2.07. The van der Waals surface area contributed by atoms with E-state index in [4.69, 9.17) is 0 Å². The maximum Gasteiger partial charge on any atom is -0.00780 e. The minimum absolute atomic E-state index is 1.07. The van der Waals surface area contributed by atoms with E-state index in [2.05, 4.69) is 48.1 Å². The van der Waals surface area contributed by atoms with Crippen LogP contribution in [-0.2, 0) is 0 Å². The van der Waals surface area contributed by atoms with E-state index in [-0.39, 0.29) is 0 Å². The highest BCUT2D eigenvalue weighted by Gasteiger charge is 2.01. The van der Waals surface area contributed by atoms with Gasteiger partial charge in [-0.15, -0.1) is 11.8 Å². The van der Waals surface area contributed by atoms with E-state index in [9.17, 15) is 0 Å². The second kappa shape index (κ2) is 3.84. The molecule has 0 aliphatic carbocycles. The Kier molecular flexibility index (Phi) is 2.55. The lowest BCUT2D eigenvalue weighted by atomic mass is 10.0. The second-order valence-electron chi connectivity index (χ2n) is 3.22. The van der Waals surface area contributed by atoms with E-state index < -0.39 is 0 Å². The highest BCUT2D eigenvalue weighted by molar-refractivity contribution is 8.05. The van der Waals surface area contributed by atoms with Crippen LogP contribution in [0.3, 0.4) is 0 Å². The van der Waals surface area contributed by atoms with Crippen molar-refractivity contribution in [2.75, 3.05) is 0 Å². The zero-order valence-electron chi connectivity index (χ0n) is 7.66. The summed E-state index contributed by atoms with van der Waals surface area (Å²) < 4.78 is 0. The Balaban J connectivity index is 2.25. The molecule has 0 saturated carbocycles. The number of hydrogen-bond acceptors (Lipinski definition) is 1. The van der Waals surface area contributed by atoms with Crippen molar-refractivity contribution in [1.29, 1.82) is 0 Å².